The number of amides is 3. The van der Waals surface area contributed by atoms with Gasteiger partial charge in [-0.3, -0.25) is 18.9 Å². The molecule has 8 heteroatoms. The van der Waals surface area contributed by atoms with Crippen LogP contribution in [0.2, 0.25) is 0 Å². The molecule has 7 nitrogen and oxygen atoms in total. The van der Waals surface area contributed by atoms with Gasteiger partial charge in [0.25, 0.3) is 11.5 Å². The van der Waals surface area contributed by atoms with Crippen molar-refractivity contribution >= 4 is 28.2 Å². The first kappa shape index (κ1) is 18.4. The average Bonchev–Trinajstić information content (AvgIpc) is 3.17. The molecule has 1 aliphatic heterocycles. The molecule has 3 aromatic rings. The lowest BCUT2D eigenvalue weighted by Gasteiger charge is -2.26. The quantitative estimate of drug-likeness (QED) is 0.672. The average molecular weight is 396 g/mol. The topological polar surface area (TPSA) is 83.8 Å². The molecule has 1 atom stereocenters. The van der Waals surface area contributed by atoms with E-state index in [9.17, 15) is 14.4 Å². The normalized spacial score (nSPS) is 19.4. The van der Waals surface area contributed by atoms with Crippen LogP contribution in [0.3, 0.4) is 0 Å². The Bertz CT molecular complexity index is 1120. The van der Waals surface area contributed by atoms with Crippen molar-refractivity contribution in [3.8, 4) is 0 Å². The van der Waals surface area contributed by atoms with Crippen LogP contribution in [0.1, 0.15) is 36.7 Å². The molecule has 1 aromatic carbocycles. The molecule has 0 spiro atoms. The van der Waals surface area contributed by atoms with Gasteiger partial charge in [0.1, 0.15) is 5.54 Å². The second kappa shape index (κ2) is 6.87. The van der Waals surface area contributed by atoms with Crippen LogP contribution in [0, 0.1) is 6.92 Å². The number of rotatable bonds is 5. The Kier molecular flexibility index (Phi) is 4.50. The molecule has 28 heavy (non-hydrogen) atoms. The van der Waals surface area contributed by atoms with Gasteiger partial charge in [-0.1, -0.05) is 43.7 Å². The summed E-state index contributed by atoms with van der Waals surface area (Å²) in [6.45, 7) is 3.77. The van der Waals surface area contributed by atoms with Crippen molar-refractivity contribution in [2.45, 2.75) is 38.8 Å². The van der Waals surface area contributed by atoms with E-state index in [1.165, 1.54) is 21.8 Å². The van der Waals surface area contributed by atoms with Crippen molar-refractivity contribution in [1.29, 1.82) is 0 Å². The molecular formula is C20H20N4O3S. The summed E-state index contributed by atoms with van der Waals surface area (Å²) in [5.74, 6) is -0.310. The predicted molar refractivity (Wildman–Crippen MR) is 106 cm³/mol. The SMILES string of the molecule is CCCC1(c2ccccc2)NC(=O)N(Cc2cc(=O)n3c(C)csc3n2)C1=O. The van der Waals surface area contributed by atoms with Gasteiger partial charge in [-0.2, -0.15) is 0 Å². The number of carbonyl (C=O) groups excluding carboxylic acids is 2. The molecule has 1 saturated heterocycles. The van der Waals surface area contributed by atoms with Crippen LogP contribution in [0.5, 0.6) is 0 Å². The zero-order chi connectivity index (χ0) is 19.9. The lowest BCUT2D eigenvalue weighted by atomic mass is 9.85. The molecule has 3 heterocycles. The number of imide groups is 1. The molecule has 3 amide bonds. The number of carbonyl (C=O) groups is 2. The third-order valence-corrected chi connectivity index (χ3v) is 5.96. The fraction of sp³-hybridized carbons (Fsp3) is 0.300. The first-order chi connectivity index (χ1) is 13.5. The molecule has 4 rings (SSSR count). The van der Waals surface area contributed by atoms with Crippen LogP contribution < -0.4 is 10.9 Å². The van der Waals surface area contributed by atoms with Crippen LogP contribution in [-0.2, 0) is 16.9 Å². The molecule has 0 bridgehead atoms. The number of benzene rings is 1. The molecule has 0 saturated carbocycles. The maximum atomic E-state index is 13.3. The van der Waals surface area contributed by atoms with Crippen molar-refractivity contribution in [2.24, 2.45) is 0 Å². The van der Waals surface area contributed by atoms with E-state index in [2.05, 4.69) is 10.3 Å². The van der Waals surface area contributed by atoms with Crippen molar-refractivity contribution in [2.75, 3.05) is 0 Å². The zero-order valence-corrected chi connectivity index (χ0v) is 16.5. The minimum absolute atomic E-state index is 0.0361. The van der Waals surface area contributed by atoms with E-state index in [4.69, 9.17) is 0 Å². The van der Waals surface area contributed by atoms with E-state index in [0.717, 1.165) is 22.6 Å². The predicted octanol–water partition coefficient (Wildman–Crippen LogP) is 2.81. The van der Waals surface area contributed by atoms with Gasteiger partial charge in [-0.25, -0.2) is 9.78 Å². The number of hydrogen-bond donors (Lipinski definition) is 1. The Labute approximate surface area is 165 Å². The molecule has 144 valence electrons. The number of fused-ring (bicyclic) bond motifs is 1. The molecule has 2 aromatic heterocycles. The smallest absolute Gasteiger partial charge is 0.319 e. The second-order valence-corrected chi connectivity index (χ2v) is 7.76. The standard InChI is InChI=1S/C20H20N4O3S/c1-3-9-20(14-7-5-4-6-8-14)17(26)23(18(27)22-20)11-15-10-16(25)24-13(2)12-28-19(24)21-15/h4-8,10,12H,3,9,11H2,1-2H3,(H,22,27). The number of aromatic nitrogens is 2. The highest BCUT2D eigenvalue weighted by molar-refractivity contribution is 7.15. The fourth-order valence-corrected chi connectivity index (χ4v) is 4.61. The first-order valence-corrected chi connectivity index (χ1v) is 10.0. The first-order valence-electron chi connectivity index (χ1n) is 9.12. The van der Waals surface area contributed by atoms with Gasteiger partial charge < -0.3 is 5.32 Å². The lowest BCUT2D eigenvalue weighted by Crippen LogP contribution is -2.43. The van der Waals surface area contributed by atoms with Crippen LogP contribution in [0.15, 0.2) is 46.6 Å². The van der Waals surface area contributed by atoms with E-state index < -0.39 is 11.6 Å². The monoisotopic (exact) mass is 396 g/mol. The summed E-state index contributed by atoms with van der Waals surface area (Å²) in [6, 6.07) is 10.2. The van der Waals surface area contributed by atoms with Crippen LogP contribution >= 0.6 is 11.3 Å². The minimum atomic E-state index is -1.08. The van der Waals surface area contributed by atoms with E-state index in [0.29, 0.717) is 17.1 Å². The Hall–Kier alpha value is -3.00. The highest BCUT2D eigenvalue weighted by Gasteiger charge is 2.51. The Morgan fingerprint density at radius 3 is 2.64 bits per heavy atom. The van der Waals surface area contributed by atoms with Crippen LogP contribution in [0.25, 0.3) is 4.96 Å². The number of thiazole rings is 1. The molecule has 1 N–H and O–H groups in total. The lowest BCUT2D eigenvalue weighted by molar-refractivity contribution is -0.132. The number of hydrogen-bond acceptors (Lipinski definition) is 5. The summed E-state index contributed by atoms with van der Waals surface area (Å²) in [6.07, 6.45) is 1.23. The molecule has 1 aliphatic rings. The van der Waals surface area contributed by atoms with E-state index in [1.807, 2.05) is 49.6 Å². The maximum Gasteiger partial charge on any atom is 0.325 e. The fourth-order valence-electron chi connectivity index (χ4n) is 3.72. The van der Waals surface area contributed by atoms with Crippen LogP contribution in [0.4, 0.5) is 4.79 Å². The highest BCUT2D eigenvalue weighted by atomic mass is 32.1. The van der Waals surface area contributed by atoms with Gasteiger partial charge in [0, 0.05) is 17.1 Å². The third-order valence-electron chi connectivity index (χ3n) is 5.02. The minimum Gasteiger partial charge on any atom is -0.319 e. The summed E-state index contributed by atoms with van der Waals surface area (Å²) in [7, 11) is 0. The summed E-state index contributed by atoms with van der Waals surface area (Å²) >= 11 is 1.35. The Balaban J connectivity index is 1.70. The zero-order valence-electron chi connectivity index (χ0n) is 15.6. The summed E-state index contributed by atoms with van der Waals surface area (Å²) < 4.78 is 1.52. The molecular weight excluding hydrogens is 376 g/mol. The third kappa shape index (κ3) is 2.80. The van der Waals surface area contributed by atoms with Crippen molar-refractivity contribution < 1.29 is 9.59 Å². The van der Waals surface area contributed by atoms with Gasteiger partial charge in [0.05, 0.1) is 12.2 Å². The van der Waals surface area contributed by atoms with Gasteiger partial charge in [-0.05, 0) is 18.9 Å². The molecule has 1 fully saturated rings. The number of nitrogens with one attached hydrogen (secondary N) is 1. The summed E-state index contributed by atoms with van der Waals surface area (Å²) in [4.78, 5) is 44.6. The maximum absolute atomic E-state index is 13.3. The molecule has 0 radical (unpaired) electrons. The summed E-state index contributed by atoms with van der Waals surface area (Å²) in [5, 5.41) is 4.74. The van der Waals surface area contributed by atoms with E-state index >= 15 is 0 Å². The number of nitrogens with zero attached hydrogens (tertiary/aromatic N) is 3. The van der Waals surface area contributed by atoms with Crippen LogP contribution in [-0.4, -0.2) is 26.2 Å². The Morgan fingerprint density at radius 1 is 1.18 bits per heavy atom. The molecule has 0 aliphatic carbocycles. The van der Waals surface area contributed by atoms with E-state index in [1.54, 1.807) is 0 Å². The van der Waals surface area contributed by atoms with Gasteiger partial charge in [0.2, 0.25) is 0 Å². The number of urea groups is 1. The van der Waals surface area contributed by atoms with Crippen molar-refractivity contribution in [3.05, 3.63) is 69.1 Å². The van der Waals surface area contributed by atoms with E-state index in [-0.39, 0.29) is 18.0 Å². The van der Waals surface area contributed by atoms with Gasteiger partial charge in [-0.15, -0.1) is 11.3 Å². The number of aryl methyl sites for hydroxylation is 1. The van der Waals surface area contributed by atoms with Crippen molar-refractivity contribution in [1.82, 2.24) is 19.6 Å². The van der Waals surface area contributed by atoms with Gasteiger partial charge >= 0.3 is 6.03 Å². The highest BCUT2D eigenvalue weighted by Crippen LogP contribution is 2.34. The largest absolute Gasteiger partial charge is 0.325 e. The Morgan fingerprint density at radius 2 is 1.93 bits per heavy atom. The molecule has 1 unspecified atom stereocenters. The second-order valence-electron chi connectivity index (χ2n) is 6.92. The van der Waals surface area contributed by atoms with Crippen molar-refractivity contribution in [3.63, 3.8) is 0 Å². The summed E-state index contributed by atoms with van der Waals surface area (Å²) in [5.41, 5.74) is 0.677. The van der Waals surface area contributed by atoms with Gasteiger partial charge in [0.15, 0.2) is 4.96 Å².